The summed E-state index contributed by atoms with van der Waals surface area (Å²) in [6, 6.07) is 14.8. The summed E-state index contributed by atoms with van der Waals surface area (Å²) in [5.41, 5.74) is 2.94. The smallest absolute Gasteiger partial charge is 0.341 e. The van der Waals surface area contributed by atoms with Crippen LogP contribution in [-0.2, 0) is 20.8 Å². The molecule has 0 saturated carbocycles. The Morgan fingerprint density at radius 2 is 1.83 bits per heavy atom. The summed E-state index contributed by atoms with van der Waals surface area (Å²) in [5.74, 6) is -1.04. The maximum Gasteiger partial charge on any atom is 0.341 e. The highest BCUT2D eigenvalue weighted by Crippen LogP contribution is 2.25. The number of hydrogen-bond donors (Lipinski definition) is 2. The number of aliphatic carboxylic acids is 1. The van der Waals surface area contributed by atoms with E-state index in [4.69, 9.17) is 9.84 Å². The lowest BCUT2D eigenvalue weighted by atomic mass is 10.1. The van der Waals surface area contributed by atoms with Gasteiger partial charge in [-0.25, -0.2) is 4.79 Å². The van der Waals surface area contributed by atoms with Gasteiger partial charge in [0.2, 0.25) is 11.8 Å². The van der Waals surface area contributed by atoms with Crippen LogP contribution >= 0.6 is 0 Å². The van der Waals surface area contributed by atoms with Crippen molar-refractivity contribution < 1.29 is 24.2 Å². The Labute approximate surface area is 169 Å². The number of nitrogens with zero attached hydrogens (tertiary/aromatic N) is 1. The molecule has 1 atom stereocenters. The fourth-order valence-electron chi connectivity index (χ4n) is 3.23. The summed E-state index contributed by atoms with van der Waals surface area (Å²) in [5, 5.41) is 11.5. The number of carboxylic acids is 1. The second-order valence-electron chi connectivity index (χ2n) is 7.11. The van der Waals surface area contributed by atoms with Crippen molar-refractivity contribution in [1.29, 1.82) is 0 Å². The highest BCUT2D eigenvalue weighted by molar-refractivity contribution is 6.00. The molecule has 7 nitrogen and oxygen atoms in total. The van der Waals surface area contributed by atoms with Gasteiger partial charge in [-0.1, -0.05) is 29.8 Å². The van der Waals surface area contributed by atoms with Crippen LogP contribution in [0.5, 0.6) is 5.75 Å². The summed E-state index contributed by atoms with van der Waals surface area (Å²) in [6.45, 7) is 2.46. The van der Waals surface area contributed by atoms with Crippen LogP contribution in [0.2, 0.25) is 0 Å². The molecule has 2 aromatic rings. The molecule has 1 saturated heterocycles. The Morgan fingerprint density at radius 1 is 1.14 bits per heavy atom. The van der Waals surface area contributed by atoms with Gasteiger partial charge in [0, 0.05) is 25.2 Å². The first-order chi connectivity index (χ1) is 13.9. The second-order valence-corrected chi connectivity index (χ2v) is 7.11. The zero-order valence-electron chi connectivity index (χ0n) is 16.3. The van der Waals surface area contributed by atoms with E-state index in [0.717, 1.165) is 16.8 Å². The molecule has 152 valence electrons. The third-order valence-electron chi connectivity index (χ3n) is 4.84. The number of carbonyl (C=O) groups is 3. The summed E-state index contributed by atoms with van der Waals surface area (Å²) in [4.78, 5) is 36.9. The van der Waals surface area contributed by atoms with Gasteiger partial charge < -0.3 is 20.1 Å². The highest BCUT2D eigenvalue weighted by Gasteiger charge is 2.34. The molecule has 0 radical (unpaired) electrons. The number of rotatable bonds is 8. The molecule has 1 aliphatic rings. The zero-order valence-corrected chi connectivity index (χ0v) is 16.3. The predicted octanol–water partition coefficient (Wildman–Crippen LogP) is 2.17. The minimum atomic E-state index is -1.02. The van der Waals surface area contributed by atoms with E-state index in [0.29, 0.717) is 25.3 Å². The number of ether oxygens (including phenoxy) is 1. The van der Waals surface area contributed by atoms with Crippen LogP contribution < -0.4 is 15.0 Å². The molecule has 0 aliphatic carbocycles. The van der Waals surface area contributed by atoms with Crippen LogP contribution in [-0.4, -0.2) is 42.6 Å². The fourth-order valence-corrected chi connectivity index (χ4v) is 3.23. The van der Waals surface area contributed by atoms with E-state index in [2.05, 4.69) is 5.32 Å². The van der Waals surface area contributed by atoms with Crippen molar-refractivity contribution in [3.05, 3.63) is 59.7 Å². The van der Waals surface area contributed by atoms with Crippen LogP contribution in [0.1, 0.15) is 17.5 Å². The number of aryl methyl sites for hydroxylation is 1. The topological polar surface area (TPSA) is 95.9 Å². The summed E-state index contributed by atoms with van der Waals surface area (Å²) in [6.07, 6.45) is 0.850. The van der Waals surface area contributed by atoms with Crippen molar-refractivity contribution in [2.45, 2.75) is 19.8 Å². The quantitative estimate of drug-likeness (QED) is 0.713. The minimum Gasteiger partial charge on any atom is -0.482 e. The van der Waals surface area contributed by atoms with Crippen LogP contribution in [0.4, 0.5) is 5.69 Å². The van der Waals surface area contributed by atoms with E-state index in [1.165, 1.54) is 0 Å². The first-order valence-corrected chi connectivity index (χ1v) is 9.50. The molecule has 1 aliphatic heterocycles. The SMILES string of the molecule is Cc1ccc(N2CC(C(=O)NCCc3ccc(OCC(=O)O)cc3)CC2=O)cc1. The highest BCUT2D eigenvalue weighted by atomic mass is 16.5. The fraction of sp³-hybridized carbons (Fsp3) is 0.318. The van der Waals surface area contributed by atoms with E-state index >= 15 is 0 Å². The van der Waals surface area contributed by atoms with Crippen LogP contribution in [0, 0.1) is 12.8 Å². The molecule has 3 rings (SSSR count). The number of anilines is 1. The van der Waals surface area contributed by atoms with Gasteiger partial charge in [0.25, 0.3) is 0 Å². The van der Waals surface area contributed by atoms with Crippen molar-refractivity contribution in [3.8, 4) is 5.75 Å². The zero-order chi connectivity index (χ0) is 20.8. The monoisotopic (exact) mass is 396 g/mol. The van der Waals surface area contributed by atoms with Gasteiger partial charge in [0.15, 0.2) is 6.61 Å². The van der Waals surface area contributed by atoms with Crippen molar-refractivity contribution in [2.24, 2.45) is 5.92 Å². The Balaban J connectivity index is 1.45. The third-order valence-corrected chi connectivity index (χ3v) is 4.84. The molecular weight excluding hydrogens is 372 g/mol. The van der Waals surface area contributed by atoms with Gasteiger partial charge in [-0.3, -0.25) is 9.59 Å². The molecule has 2 N–H and O–H groups in total. The largest absolute Gasteiger partial charge is 0.482 e. The molecule has 1 fully saturated rings. The van der Waals surface area contributed by atoms with Crippen LogP contribution in [0.3, 0.4) is 0 Å². The lowest BCUT2D eigenvalue weighted by Crippen LogP contribution is -2.34. The average Bonchev–Trinajstić information content (AvgIpc) is 3.09. The summed E-state index contributed by atoms with van der Waals surface area (Å²) >= 11 is 0. The molecule has 0 aromatic heterocycles. The van der Waals surface area contributed by atoms with Gasteiger partial charge >= 0.3 is 5.97 Å². The third kappa shape index (κ3) is 5.57. The lowest BCUT2D eigenvalue weighted by molar-refractivity contribution is -0.139. The van der Waals surface area contributed by atoms with Crippen LogP contribution in [0.25, 0.3) is 0 Å². The average molecular weight is 396 g/mol. The van der Waals surface area contributed by atoms with Crippen molar-refractivity contribution in [3.63, 3.8) is 0 Å². The molecule has 0 bridgehead atoms. The van der Waals surface area contributed by atoms with E-state index in [1.54, 1.807) is 17.0 Å². The van der Waals surface area contributed by atoms with Crippen molar-refractivity contribution in [1.82, 2.24) is 5.32 Å². The first kappa shape index (κ1) is 20.4. The molecule has 0 spiro atoms. The first-order valence-electron chi connectivity index (χ1n) is 9.50. The van der Waals surface area contributed by atoms with Gasteiger partial charge in [0.1, 0.15) is 5.75 Å². The molecular formula is C22H24N2O5. The Kier molecular flexibility index (Phi) is 6.49. The number of carbonyl (C=O) groups excluding carboxylic acids is 2. The summed E-state index contributed by atoms with van der Waals surface area (Å²) in [7, 11) is 0. The van der Waals surface area contributed by atoms with E-state index in [9.17, 15) is 14.4 Å². The van der Waals surface area contributed by atoms with Gasteiger partial charge in [-0.2, -0.15) is 0 Å². The van der Waals surface area contributed by atoms with Gasteiger partial charge in [0.05, 0.1) is 5.92 Å². The number of hydrogen-bond acceptors (Lipinski definition) is 4. The lowest BCUT2D eigenvalue weighted by Gasteiger charge is -2.17. The predicted molar refractivity (Wildman–Crippen MR) is 108 cm³/mol. The van der Waals surface area contributed by atoms with Crippen molar-refractivity contribution >= 4 is 23.5 Å². The van der Waals surface area contributed by atoms with E-state index in [-0.39, 0.29) is 30.8 Å². The Bertz CT molecular complexity index is 877. The van der Waals surface area contributed by atoms with Crippen LogP contribution in [0.15, 0.2) is 48.5 Å². The standard InChI is InChI=1S/C22H24N2O5/c1-15-2-6-18(7-3-15)24-13-17(12-20(24)25)22(28)23-11-10-16-4-8-19(9-5-16)29-14-21(26)27/h2-9,17H,10-14H2,1H3,(H,23,28)(H,26,27). The molecule has 1 unspecified atom stereocenters. The Morgan fingerprint density at radius 3 is 2.48 bits per heavy atom. The maximum absolute atomic E-state index is 12.4. The number of carboxylic acid groups (broad SMARTS) is 1. The van der Waals surface area contributed by atoms with Gasteiger partial charge in [-0.05, 0) is 43.2 Å². The molecule has 2 amide bonds. The Hall–Kier alpha value is -3.35. The van der Waals surface area contributed by atoms with Gasteiger partial charge in [-0.15, -0.1) is 0 Å². The number of benzene rings is 2. The molecule has 7 heteroatoms. The second kappa shape index (κ2) is 9.23. The van der Waals surface area contributed by atoms with E-state index < -0.39 is 5.97 Å². The van der Waals surface area contributed by atoms with Crippen molar-refractivity contribution in [2.75, 3.05) is 24.6 Å². The number of amides is 2. The summed E-state index contributed by atoms with van der Waals surface area (Å²) < 4.78 is 5.09. The molecule has 2 aromatic carbocycles. The molecule has 29 heavy (non-hydrogen) atoms. The number of nitrogens with one attached hydrogen (secondary N) is 1. The maximum atomic E-state index is 12.4. The molecule has 1 heterocycles. The van der Waals surface area contributed by atoms with E-state index in [1.807, 2.05) is 43.3 Å². The minimum absolute atomic E-state index is 0.0362. The normalized spacial score (nSPS) is 16.0.